The van der Waals surface area contributed by atoms with Crippen molar-refractivity contribution in [2.45, 2.75) is 19.8 Å². The molecule has 0 bridgehead atoms. The van der Waals surface area contributed by atoms with Gasteiger partial charge in [-0.1, -0.05) is 0 Å². The van der Waals surface area contributed by atoms with Crippen LogP contribution in [0.4, 0.5) is 5.95 Å². The minimum absolute atomic E-state index is 0.0428. The van der Waals surface area contributed by atoms with Crippen molar-refractivity contribution >= 4 is 22.1 Å². The van der Waals surface area contributed by atoms with Gasteiger partial charge in [0.15, 0.2) is 0 Å². The van der Waals surface area contributed by atoms with E-state index in [1.807, 2.05) is 0 Å². The second-order valence-corrected chi connectivity index (χ2v) is 6.19. The minimum Gasteiger partial charge on any atom is -0.481 e. The number of rotatable bonds is 6. The zero-order valence-corrected chi connectivity index (χ0v) is 12.3. The maximum absolute atomic E-state index is 12.1. The molecule has 0 aromatic carbocycles. The Kier molecular flexibility index (Phi) is 4.63. The molecule has 1 aliphatic rings. The first-order valence-electron chi connectivity index (χ1n) is 6.48. The number of carboxylic acids is 1. The molecule has 1 aromatic rings. The number of ether oxygens (including phenoxy) is 1. The van der Waals surface area contributed by atoms with Crippen LogP contribution < -0.4 is 9.46 Å². The fourth-order valence-corrected chi connectivity index (χ4v) is 3.17. The predicted octanol–water partition coefficient (Wildman–Crippen LogP) is -0.343. The highest BCUT2D eigenvalue weighted by molar-refractivity contribution is 7.90. The van der Waals surface area contributed by atoms with Gasteiger partial charge in [-0.05, 0) is 19.8 Å². The van der Waals surface area contributed by atoms with Crippen molar-refractivity contribution in [3.63, 3.8) is 0 Å². The van der Waals surface area contributed by atoms with Gasteiger partial charge in [-0.2, -0.15) is 17.7 Å². The Morgan fingerprint density at radius 1 is 1.52 bits per heavy atom. The summed E-state index contributed by atoms with van der Waals surface area (Å²) >= 11 is 0. The molecule has 2 heterocycles. The number of hydrogen-bond acceptors (Lipinski definition) is 6. The molecule has 0 amide bonds. The van der Waals surface area contributed by atoms with Gasteiger partial charge in [0.1, 0.15) is 0 Å². The molecule has 118 valence electrons. The van der Waals surface area contributed by atoms with E-state index in [0.29, 0.717) is 6.61 Å². The van der Waals surface area contributed by atoms with E-state index in [4.69, 9.17) is 9.84 Å². The lowest BCUT2D eigenvalue weighted by molar-refractivity contribution is -0.142. The number of carbonyl (C=O) groups is 1. The van der Waals surface area contributed by atoms with Crippen LogP contribution in [0.1, 0.15) is 19.8 Å². The van der Waals surface area contributed by atoms with E-state index in [-0.39, 0.29) is 37.9 Å². The lowest BCUT2D eigenvalue weighted by atomic mass is 9.99. The first-order chi connectivity index (χ1) is 9.92. The Hall–Kier alpha value is -1.88. The highest BCUT2D eigenvalue weighted by Gasteiger charge is 2.31. The molecule has 1 aliphatic heterocycles. The summed E-state index contributed by atoms with van der Waals surface area (Å²) in [6.07, 6.45) is 0.577. The van der Waals surface area contributed by atoms with Crippen molar-refractivity contribution in [2.75, 3.05) is 24.4 Å². The molecule has 1 saturated heterocycles. The normalized spacial score (nSPS) is 17.6. The summed E-state index contributed by atoms with van der Waals surface area (Å²) in [7, 11) is -3.79. The predicted molar refractivity (Wildman–Crippen MR) is 72.0 cm³/mol. The Bertz CT molecular complexity index is 593. The smallest absolute Gasteiger partial charge is 0.337 e. The Morgan fingerprint density at radius 2 is 2.19 bits per heavy atom. The van der Waals surface area contributed by atoms with Crippen molar-refractivity contribution < 1.29 is 23.1 Å². The van der Waals surface area contributed by atoms with Gasteiger partial charge in [-0.15, -0.1) is 5.10 Å². The Morgan fingerprint density at radius 3 is 2.76 bits per heavy atom. The van der Waals surface area contributed by atoms with Crippen LogP contribution in [0.2, 0.25) is 0 Å². The van der Waals surface area contributed by atoms with Crippen LogP contribution in [0.3, 0.4) is 0 Å². The van der Waals surface area contributed by atoms with Crippen molar-refractivity contribution in [1.82, 2.24) is 19.5 Å². The number of anilines is 1. The number of carboxylic acid groups (broad SMARTS) is 1. The minimum atomic E-state index is -3.79. The van der Waals surface area contributed by atoms with E-state index < -0.39 is 22.1 Å². The summed E-state index contributed by atoms with van der Waals surface area (Å²) in [5.41, 5.74) is 0. The quantitative estimate of drug-likeness (QED) is 0.652. The van der Waals surface area contributed by atoms with Crippen LogP contribution in [-0.2, 0) is 15.0 Å². The SMILES string of the molecule is CCOc1n[nH]c(NS(=O)(=O)N2CCC(C(=O)O)CC2)n1. The van der Waals surface area contributed by atoms with E-state index >= 15 is 0 Å². The molecule has 0 atom stereocenters. The number of nitrogens with zero attached hydrogens (tertiary/aromatic N) is 3. The van der Waals surface area contributed by atoms with Crippen molar-refractivity contribution in [3.8, 4) is 6.01 Å². The van der Waals surface area contributed by atoms with Crippen LogP contribution >= 0.6 is 0 Å². The second kappa shape index (κ2) is 6.26. The number of H-pyrrole nitrogens is 1. The molecule has 0 unspecified atom stereocenters. The molecule has 0 aliphatic carbocycles. The zero-order chi connectivity index (χ0) is 15.5. The van der Waals surface area contributed by atoms with E-state index in [9.17, 15) is 13.2 Å². The summed E-state index contributed by atoms with van der Waals surface area (Å²) in [4.78, 5) is 14.7. The molecule has 0 radical (unpaired) electrons. The van der Waals surface area contributed by atoms with Gasteiger partial charge in [0.05, 0.1) is 12.5 Å². The first kappa shape index (κ1) is 15.5. The van der Waals surface area contributed by atoms with E-state index in [0.717, 1.165) is 0 Å². The Balaban J connectivity index is 1.97. The third kappa shape index (κ3) is 3.82. The van der Waals surface area contributed by atoms with Crippen LogP contribution in [0.5, 0.6) is 6.01 Å². The fourth-order valence-electron chi connectivity index (χ4n) is 2.02. The third-order valence-electron chi connectivity index (χ3n) is 3.11. The second-order valence-electron chi connectivity index (χ2n) is 4.52. The summed E-state index contributed by atoms with van der Waals surface area (Å²) < 4.78 is 32.7. The van der Waals surface area contributed by atoms with Gasteiger partial charge in [-0.25, -0.2) is 9.82 Å². The van der Waals surface area contributed by atoms with Crippen molar-refractivity contribution in [1.29, 1.82) is 0 Å². The highest BCUT2D eigenvalue weighted by atomic mass is 32.2. The molecular weight excluding hydrogens is 302 g/mol. The van der Waals surface area contributed by atoms with E-state index in [1.54, 1.807) is 6.92 Å². The van der Waals surface area contributed by atoms with Crippen molar-refractivity contribution in [3.05, 3.63) is 0 Å². The van der Waals surface area contributed by atoms with E-state index in [1.165, 1.54) is 4.31 Å². The van der Waals surface area contributed by atoms with Gasteiger partial charge in [-0.3, -0.25) is 4.79 Å². The van der Waals surface area contributed by atoms with E-state index in [2.05, 4.69) is 19.9 Å². The van der Waals surface area contributed by atoms with Gasteiger partial charge in [0, 0.05) is 13.1 Å². The maximum Gasteiger partial charge on any atom is 0.337 e. The molecule has 2 rings (SSSR count). The molecule has 0 saturated carbocycles. The number of nitrogens with one attached hydrogen (secondary N) is 2. The number of aromatic amines is 1. The molecular formula is C10H17N5O5S. The van der Waals surface area contributed by atoms with Gasteiger partial charge in [0.2, 0.25) is 5.95 Å². The van der Waals surface area contributed by atoms with Crippen LogP contribution in [0.15, 0.2) is 0 Å². The Labute approximate surface area is 121 Å². The lowest BCUT2D eigenvalue weighted by Gasteiger charge is -2.28. The van der Waals surface area contributed by atoms with Crippen molar-refractivity contribution in [2.24, 2.45) is 5.92 Å². The molecule has 10 nitrogen and oxygen atoms in total. The number of aromatic nitrogens is 3. The highest BCUT2D eigenvalue weighted by Crippen LogP contribution is 2.20. The average molecular weight is 319 g/mol. The standard InChI is InChI=1S/C10H17N5O5S/c1-2-20-10-11-9(12-13-10)14-21(18,19)15-5-3-7(4-6-15)8(16)17/h7H,2-6H2,1H3,(H,16,17)(H2,11,12,13,14). The molecule has 1 aromatic heterocycles. The van der Waals surface area contributed by atoms with Gasteiger partial charge < -0.3 is 9.84 Å². The lowest BCUT2D eigenvalue weighted by Crippen LogP contribution is -2.43. The number of piperidine rings is 1. The first-order valence-corrected chi connectivity index (χ1v) is 7.92. The number of aliphatic carboxylic acids is 1. The molecule has 1 fully saturated rings. The molecule has 3 N–H and O–H groups in total. The summed E-state index contributed by atoms with van der Waals surface area (Å²) in [6, 6.07) is 0.0554. The fraction of sp³-hybridized carbons (Fsp3) is 0.700. The van der Waals surface area contributed by atoms with Gasteiger partial charge >= 0.3 is 22.2 Å². The summed E-state index contributed by atoms with van der Waals surface area (Å²) in [5, 5.41) is 15.0. The largest absolute Gasteiger partial charge is 0.481 e. The number of hydrogen-bond donors (Lipinski definition) is 3. The van der Waals surface area contributed by atoms with Crippen LogP contribution in [0.25, 0.3) is 0 Å². The molecule has 21 heavy (non-hydrogen) atoms. The van der Waals surface area contributed by atoms with Crippen LogP contribution in [-0.4, -0.2) is 58.7 Å². The zero-order valence-electron chi connectivity index (χ0n) is 11.4. The average Bonchev–Trinajstić information content (AvgIpc) is 2.86. The maximum atomic E-state index is 12.1. The third-order valence-corrected chi connectivity index (χ3v) is 4.60. The monoisotopic (exact) mass is 319 g/mol. The van der Waals surface area contributed by atoms with Crippen LogP contribution in [0, 0.1) is 5.92 Å². The molecule has 0 spiro atoms. The molecule has 11 heteroatoms. The summed E-state index contributed by atoms with van der Waals surface area (Å²) in [5.74, 6) is -1.43. The topological polar surface area (TPSA) is 138 Å². The summed E-state index contributed by atoms with van der Waals surface area (Å²) in [6.45, 7) is 2.43. The van der Waals surface area contributed by atoms with Gasteiger partial charge in [0.25, 0.3) is 0 Å².